The van der Waals surface area contributed by atoms with Crippen LogP contribution >= 0.6 is 11.6 Å². The van der Waals surface area contributed by atoms with Crippen LogP contribution < -0.4 is 14.5 Å². The van der Waals surface area contributed by atoms with Crippen molar-refractivity contribution in [2.45, 2.75) is 25.7 Å². The van der Waals surface area contributed by atoms with E-state index in [0.717, 1.165) is 33.0 Å². The topological polar surface area (TPSA) is 136 Å². The Bertz CT molecular complexity index is 1780. The first-order valence-electron chi connectivity index (χ1n) is 12.6. The van der Waals surface area contributed by atoms with E-state index >= 15 is 0 Å². The molecule has 4 rings (SSSR count). The molecule has 0 aliphatic carbocycles. The zero-order valence-corrected chi connectivity index (χ0v) is 24.8. The summed E-state index contributed by atoms with van der Waals surface area (Å²) in [6.07, 6.45) is 1.46. The number of benzene rings is 3. The molecule has 0 aliphatic heterocycles. The molecule has 42 heavy (non-hydrogen) atoms. The van der Waals surface area contributed by atoms with Gasteiger partial charge in [-0.25, -0.2) is 13.8 Å². The average molecular weight is 610 g/mol. The second-order valence-electron chi connectivity index (χ2n) is 9.32. The van der Waals surface area contributed by atoms with Crippen LogP contribution in [0.4, 0.5) is 11.4 Å². The Morgan fingerprint density at radius 2 is 1.79 bits per heavy atom. The number of methoxy groups -OCH3 is 1. The van der Waals surface area contributed by atoms with Gasteiger partial charge in [0.15, 0.2) is 0 Å². The van der Waals surface area contributed by atoms with Gasteiger partial charge < -0.3 is 9.30 Å². The maximum absolute atomic E-state index is 13.7. The summed E-state index contributed by atoms with van der Waals surface area (Å²) in [6, 6.07) is 18.9. The number of hydrogen-bond acceptors (Lipinski definition) is 7. The van der Waals surface area contributed by atoms with Gasteiger partial charge in [-0.2, -0.15) is 5.10 Å². The molecule has 3 aromatic carbocycles. The number of para-hydroxylation sites is 1. The van der Waals surface area contributed by atoms with Crippen LogP contribution in [0.15, 0.2) is 82.8 Å². The minimum Gasteiger partial charge on any atom is -0.497 e. The largest absolute Gasteiger partial charge is 0.497 e. The summed E-state index contributed by atoms with van der Waals surface area (Å²) in [7, 11) is -2.94. The van der Waals surface area contributed by atoms with Crippen molar-refractivity contribution in [3.63, 3.8) is 0 Å². The lowest BCUT2D eigenvalue weighted by molar-refractivity contribution is -0.385. The number of aromatic nitrogens is 1. The molecule has 1 amide bonds. The molecule has 11 nitrogen and oxygen atoms in total. The zero-order chi connectivity index (χ0) is 30.6. The van der Waals surface area contributed by atoms with Gasteiger partial charge in [0, 0.05) is 28.6 Å². The number of nitro groups is 1. The number of halogens is 1. The maximum Gasteiger partial charge on any atom is 0.273 e. The minimum absolute atomic E-state index is 0.154. The molecule has 0 atom stereocenters. The van der Waals surface area contributed by atoms with E-state index in [-0.39, 0.29) is 16.3 Å². The molecule has 1 aromatic heterocycles. The number of aryl methyl sites for hydroxylation is 2. The molecule has 1 N–H and O–H groups in total. The Morgan fingerprint density at radius 3 is 2.43 bits per heavy atom. The van der Waals surface area contributed by atoms with Crippen LogP contribution in [0, 0.1) is 30.9 Å². The standard InChI is InChI=1S/C29H28ClN5O6S/c1-19-9-14-25(16-28(19)35(37)38)42(39,40)33(23-10-12-24(41-4)13-11-23)18-29(36)32-31-17-22-15-20(2)34(21(22)3)27-8-6-5-7-26(27)30/h5-17H,18H2,1-4H3,(H,32,36)/b31-17-. The lowest BCUT2D eigenvalue weighted by Crippen LogP contribution is -2.39. The summed E-state index contributed by atoms with van der Waals surface area (Å²) in [6.45, 7) is 4.66. The Balaban J connectivity index is 1.61. The van der Waals surface area contributed by atoms with Crippen molar-refractivity contribution >= 4 is 45.1 Å². The summed E-state index contributed by atoms with van der Waals surface area (Å²) >= 11 is 6.38. The van der Waals surface area contributed by atoms with E-state index in [1.807, 2.05) is 42.7 Å². The number of amides is 1. The number of rotatable bonds is 10. The fourth-order valence-corrected chi connectivity index (χ4v) is 6.06. The number of ether oxygens (including phenoxy) is 1. The quantitative estimate of drug-likeness (QED) is 0.147. The van der Waals surface area contributed by atoms with Crippen molar-refractivity contribution in [1.29, 1.82) is 0 Å². The Kier molecular flexibility index (Phi) is 8.98. The SMILES string of the molecule is COc1ccc(N(CC(=O)N/N=C\c2cc(C)n(-c3ccccc3Cl)c2C)S(=O)(=O)c2ccc(C)c([N+](=O)[O-])c2)cc1. The predicted molar refractivity (Wildman–Crippen MR) is 161 cm³/mol. The fraction of sp³-hybridized carbons (Fsp3) is 0.172. The molecule has 0 saturated heterocycles. The summed E-state index contributed by atoms with van der Waals surface area (Å²) in [4.78, 5) is 23.5. The molecule has 13 heteroatoms. The van der Waals surface area contributed by atoms with Gasteiger partial charge >= 0.3 is 0 Å². The molecular formula is C29H28ClN5O6S. The summed E-state index contributed by atoms with van der Waals surface area (Å²) in [5, 5.41) is 16.1. The molecule has 0 spiro atoms. The number of nitrogens with one attached hydrogen (secondary N) is 1. The molecule has 0 bridgehead atoms. The Morgan fingerprint density at radius 1 is 1.10 bits per heavy atom. The first-order valence-corrected chi connectivity index (χ1v) is 14.4. The van der Waals surface area contributed by atoms with Crippen molar-refractivity contribution < 1.29 is 22.9 Å². The van der Waals surface area contributed by atoms with E-state index in [1.165, 1.54) is 44.5 Å². The third-order valence-corrected chi connectivity index (χ3v) is 8.66. The monoisotopic (exact) mass is 609 g/mol. The molecule has 0 saturated carbocycles. The van der Waals surface area contributed by atoms with Crippen LogP contribution in [0.2, 0.25) is 5.02 Å². The van der Waals surface area contributed by atoms with Crippen molar-refractivity contribution in [2.24, 2.45) is 5.10 Å². The van der Waals surface area contributed by atoms with Gasteiger partial charge in [-0.3, -0.25) is 19.2 Å². The second-order valence-corrected chi connectivity index (χ2v) is 11.6. The normalized spacial score (nSPS) is 11.5. The molecule has 0 unspecified atom stereocenters. The van der Waals surface area contributed by atoms with Crippen molar-refractivity contribution in [2.75, 3.05) is 18.0 Å². The third kappa shape index (κ3) is 6.29. The first-order chi connectivity index (χ1) is 19.9. The molecular weight excluding hydrogens is 582 g/mol. The second kappa shape index (κ2) is 12.5. The summed E-state index contributed by atoms with van der Waals surface area (Å²) in [5.41, 5.74) is 5.74. The molecule has 0 fully saturated rings. The van der Waals surface area contributed by atoms with E-state index in [1.54, 1.807) is 18.2 Å². The number of hydrogen-bond donors (Lipinski definition) is 1. The van der Waals surface area contributed by atoms with Gasteiger partial charge in [-0.1, -0.05) is 29.8 Å². The van der Waals surface area contributed by atoms with Crippen molar-refractivity contribution in [3.8, 4) is 11.4 Å². The van der Waals surface area contributed by atoms with Gasteiger partial charge in [-0.05, 0) is 69.3 Å². The van der Waals surface area contributed by atoms with Crippen LogP contribution in [-0.4, -0.2) is 43.7 Å². The highest BCUT2D eigenvalue weighted by Crippen LogP contribution is 2.29. The Labute approximate surface area is 248 Å². The lowest BCUT2D eigenvalue weighted by Gasteiger charge is -2.24. The van der Waals surface area contributed by atoms with Gasteiger partial charge in [-0.15, -0.1) is 0 Å². The smallest absolute Gasteiger partial charge is 0.273 e. The van der Waals surface area contributed by atoms with E-state index < -0.39 is 27.4 Å². The van der Waals surface area contributed by atoms with E-state index in [2.05, 4.69) is 10.5 Å². The number of hydrazone groups is 1. The molecule has 0 radical (unpaired) electrons. The van der Waals surface area contributed by atoms with Gasteiger partial charge in [0.2, 0.25) is 0 Å². The molecule has 4 aromatic rings. The zero-order valence-electron chi connectivity index (χ0n) is 23.2. The van der Waals surface area contributed by atoms with Gasteiger partial charge in [0.25, 0.3) is 21.6 Å². The van der Waals surface area contributed by atoms with Crippen LogP contribution in [0.25, 0.3) is 5.69 Å². The van der Waals surface area contributed by atoms with Crippen LogP contribution in [0.5, 0.6) is 5.75 Å². The van der Waals surface area contributed by atoms with Gasteiger partial charge in [0.1, 0.15) is 12.3 Å². The molecule has 0 aliphatic rings. The van der Waals surface area contributed by atoms with Crippen molar-refractivity contribution in [3.05, 3.63) is 110 Å². The summed E-state index contributed by atoms with van der Waals surface area (Å²) < 4.78 is 35.4. The third-order valence-electron chi connectivity index (χ3n) is 6.57. The average Bonchev–Trinajstić information content (AvgIpc) is 3.24. The number of anilines is 1. The molecule has 218 valence electrons. The fourth-order valence-electron chi connectivity index (χ4n) is 4.40. The number of nitrogens with zero attached hydrogens (tertiary/aromatic N) is 4. The number of nitro benzene ring substituents is 1. The lowest BCUT2D eigenvalue weighted by atomic mass is 10.2. The molecule has 1 heterocycles. The number of carbonyl (C=O) groups excluding carboxylic acids is 1. The predicted octanol–water partition coefficient (Wildman–Crippen LogP) is 5.32. The number of carbonyl (C=O) groups is 1. The van der Waals surface area contributed by atoms with Crippen LogP contribution in [0.1, 0.15) is 22.5 Å². The first kappa shape index (κ1) is 30.3. The van der Waals surface area contributed by atoms with Crippen LogP contribution in [-0.2, 0) is 14.8 Å². The highest BCUT2D eigenvalue weighted by Gasteiger charge is 2.29. The highest BCUT2D eigenvalue weighted by atomic mass is 35.5. The van der Waals surface area contributed by atoms with Crippen LogP contribution in [0.3, 0.4) is 0 Å². The van der Waals surface area contributed by atoms with E-state index in [0.29, 0.717) is 16.3 Å². The highest BCUT2D eigenvalue weighted by molar-refractivity contribution is 7.92. The van der Waals surface area contributed by atoms with E-state index in [4.69, 9.17) is 16.3 Å². The Hall–Kier alpha value is -4.68. The maximum atomic E-state index is 13.7. The summed E-state index contributed by atoms with van der Waals surface area (Å²) in [5.74, 6) is -0.252. The number of sulfonamides is 1. The minimum atomic E-state index is -4.40. The van der Waals surface area contributed by atoms with Gasteiger partial charge in [0.05, 0.1) is 39.5 Å². The van der Waals surface area contributed by atoms with Crippen molar-refractivity contribution in [1.82, 2.24) is 9.99 Å². The van der Waals surface area contributed by atoms with E-state index in [9.17, 15) is 23.3 Å².